The van der Waals surface area contributed by atoms with E-state index in [1.807, 2.05) is 12.3 Å². The second-order valence-corrected chi connectivity index (χ2v) is 25.4. The Labute approximate surface area is 291 Å². The first-order valence-corrected chi connectivity index (χ1v) is 24.4. The first kappa shape index (κ1) is 24.8. The Morgan fingerprint density at radius 3 is 2.02 bits per heavy atom. The fourth-order valence-electron chi connectivity index (χ4n) is 8.98. The number of hydrogen-bond donors (Lipinski definition) is 0. The van der Waals surface area contributed by atoms with Gasteiger partial charge in [-0.2, -0.15) is 0 Å². The summed E-state index contributed by atoms with van der Waals surface area (Å²) >= 11 is -2.29. The van der Waals surface area contributed by atoms with E-state index in [0.717, 1.165) is 49.8 Å². The predicted molar refractivity (Wildman–Crippen MR) is 203 cm³/mol. The van der Waals surface area contributed by atoms with Gasteiger partial charge in [0.2, 0.25) is 0 Å². The fraction of sp³-hybridized carbons (Fsp3) is 0.111. The van der Waals surface area contributed by atoms with Crippen LogP contribution in [0.1, 0.15) is 20.8 Å². The molecule has 0 amide bonds. The van der Waals surface area contributed by atoms with Crippen molar-refractivity contribution in [1.29, 1.82) is 0 Å². The van der Waals surface area contributed by atoms with E-state index in [9.17, 15) is 0 Å². The number of pyridine rings is 2. The zero-order chi connectivity index (χ0) is 35.3. The number of furan rings is 1. The molecular formula is C45H34GeN2O+2. The summed E-state index contributed by atoms with van der Waals surface area (Å²) < 4.78 is 38.5. The Hall–Kier alpha value is -5.26. The first-order chi connectivity index (χ1) is 25.0. The fourth-order valence-corrected chi connectivity index (χ4v) is 11.3. The van der Waals surface area contributed by atoms with Gasteiger partial charge in [0, 0.05) is 0 Å². The van der Waals surface area contributed by atoms with Crippen molar-refractivity contribution in [2.75, 3.05) is 0 Å². The minimum atomic E-state index is -2.29. The number of aromatic nitrogens is 2. The Kier molecular flexibility index (Phi) is 4.68. The normalized spacial score (nSPS) is 17.4. The molecule has 1 atom stereocenters. The summed E-state index contributed by atoms with van der Waals surface area (Å²) in [5.74, 6) is 7.28. The van der Waals surface area contributed by atoms with Crippen LogP contribution in [0.15, 0.2) is 138 Å². The van der Waals surface area contributed by atoms with Crippen molar-refractivity contribution in [2.45, 2.75) is 29.8 Å². The molecule has 11 rings (SSSR count). The van der Waals surface area contributed by atoms with Crippen LogP contribution < -0.4 is 13.5 Å². The summed E-state index contributed by atoms with van der Waals surface area (Å²) in [5, 5.41) is 9.28. The number of aryl methyl sites for hydroxylation is 1. The molecule has 0 radical (unpaired) electrons. The van der Waals surface area contributed by atoms with E-state index < -0.39 is 25.8 Å². The molecule has 9 aromatic rings. The zero-order valence-electron chi connectivity index (χ0n) is 30.5. The molecule has 2 aliphatic heterocycles. The van der Waals surface area contributed by atoms with Crippen molar-refractivity contribution >= 4 is 71.9 Å². The van der Waals surface area contributed by atoms with Crippen LogP contribution in [-0.4, -0.2) is 13.3 Å². The van der Waals surface area contributed by atoms with Crippen LogP contribution in [0, 0.1) is 6.85 Å². The van der Waals surface area contributed by atoms with Gasteiger partial charge in [0.05, 0.1) is 0 Å². The topological polar surface area (TPSA) is 20.9 Å². The quantitative estimate of drug-likeness (QED) is 0.0953. The summed E-state index contributed by atoms with van der Waals surface area (Å²) in [6.07, 6.45) is 4.37. The SMILES string of the molecule is [2H]C([2H])([2H])c1cc[n+]2c(c1)-c1c(ccc3c1oc1cc4c5ccccc5c5ccccc5c4cc13)C21c2ccccc2-c2cc[c]([Ge]([CH3])([CH3])[CH3])c[n+]21. The number of benzene rings is 6. The third-order valence-corrected chi connectivity index (χ3v) is 15.4. The van der Waals surface area contributed by atoms with Crippen LogP contribution in [0.2, 0.25) is 17.3 Å². The van der Waals surface area contributed by atoms with Gasteiger partial charge in [0.15, 0.2) is 0 Å². The Morgan fingerprint density at radius 1 is 0.592 bits per heavy atom. The van der Waals surface area contributed by atoms with Crippen molar-refractivity contribution in [1.82, 2.24) is 0 Å². The van der Waals surface area contributed by atoms with E-state index in [4.69, 9.17) is 8.53 Å². The first-order valence-electron chi connectivity index (χ1n) is 18.5. The molecule has 49 heavy (non-hydrogen) atoms. The maximum atomic E-state index is 8.42. The van der Waals surface area contributed by atoms with Crippen molar-refractivity contribution in [3.05, 3.63) is 150 Å². The summed E-state index contributed by atoms with van der Waals surface area (Å²) in [6.45, 7) is -2.27. The Morgan fingerprint density at radius 2 is 1.29 bits per heavy atom. The van der Waals surface area contributed by atoms with Crippen molar-refractivity contribution in [3.8, 4) is 22.5 Å². The van der Waals surface area contributed by atoms with Gasteiger partial charge in [-0.05, 0) is 10.8 Å². The van der Waals surface area contributed by atoms with Crippen LogP contribution in [0.3, 0.4) is 0 Å². The molecular weight excluding hydrogens is 657 g/mol. The predicted octanol–water partition coefficient (Wildman–Crippen LogP) is 9.73. The molecule has 0 saturated carbocycles. The molecule has 3 nitrogen and oxygen atoms in total. The average molecular weight is 694 g/mol. The Balaban J connectivity index is 1.30. The van der Waals surface area contributed by atoms with Crippen molar-refractivity contribution in [2.24, 2.45) is 0 Å². The second-order valence-electron chi connectivity index (χ2n) is 14.8. The summed E-state index contributed by atoms with van der Waals surface area (Å²) in [7, 11) is 0. The van der Waals surface area contributed by atoms with Crippen LogP contribution in [-0.2, 0) is 5.66 Å². The Bertz CT molecular complexity index is 3060. The van der Waals surface area contributed by atoms with Gasteiger partial charge in [-0.25, -0.2) is 0 Å². The number of rotatable bonds is 1. The monoisotopic (exact) mass is 695 g/mol. The number of nitrogens with zero attached hydrogens (tertiary/aromatic N) is 2. The van der Waals surface area contributed by atoms with E-state index in [2.05, 4.69) is 142 Å². The van der Waals surface area contributed by atoms with Gasteiger partial charge in [0.25, 0.3) is 0 Å². The zero-order valence-corrected chi connectivity index (χ0v) is 29.6. The van der Waals surface area contributed by atoms with Crippen LogP contribution in [0.5, 0.6) is 0 Å². The van der Waals surface area contributed by atoms with Crippen LogP contribution in [0.4, 0.5) is 0 Å². The second kappa shape index (κ2) is 9.25. The maximum absolute atomic E-state index is 8.42. The van der Waals surface area contributed by atoms with Gasteiger partial charge in [-0.1, -0.05) is 48.5 Å². The molecule has 6 aromatic carbocycles. The molecule has 232 valence electrons. The number of fused-ring (bicyclic) bond motifs is 20. The van der Waals surface area contributed by atoms with Gasteiger partial charge < -0.3 is 0 Å². The molecule has 5 heterocycles. The van der Waals surface area contributed by atoms with E-state index in [1.54, 1.807) is 6.07 Å². The van der Waals surface area contributed by atoms with Crippen LogP contribution in [0.25, 0.3) is 76.8 Å². The molecule has 0 saturated heterocycles. The molecule has 1 unspecified atom stereocenters. The van der Waals surface area contributed by atoms with E-state index in [1.165, 1.54) is 42.5 Å². The van der Waals surface area contributed by atoms with Gasteiger partial charge in [0.1, 0.15) is 0 Å². The van der Waals surface area contributed by atoms with Crippen molar-refractivity contribution < 1.29 is 17.7 Å². The molecule has 3 aromatic heterocycles. The number of hydrogen-bond acceptors (Lipinski definition) is 1. The van der Waals surface area contributed by atoms with E-state index >= 15 is 0 Å². The molecule has 1 spiro atoms. The molecule has 0 fully saturated rings. The standard InChI is InChI=1S/C45H34GeN2O/c1-27-21-22-47-41(23-27)43-39(45(47)38-16-10-9-15-34(38)40-20-17-28(26-48(40)45)46(2,3)4)19-18-33-37-24-35-31-13-7-5-11-29(31)30-12-6-8-14-32(30)36(35)25-42(37)49-44(33)43/h5-26H,1-4H3/q+2/i1D3. The van der Waals surface area contributed by atoms with E-state index in [0.29, 0.717) is 5.56 Å². The van der Waals surface area contributed by atoms with Gasteiger partial charge >= 0.3 is 233 Å². The van der Waals surface area contributed by atoms with Crippen LogP contribution >= 0.6 is 0 Å². The molecule has 2 aliphatic rings. The third-order valence-electron chi connectivity index (χ3n) is 11.2. The summed E-state index contributed by atoms with van der Waals surface area (Å²) in [6, 6.07) is 43.2. The van der Waals surface area contributed by atoms with E-state index in [-0.39, 0.29) is 0 Å². The average Bonchev–Trinajstić information content (AvgIpc) is 3.76. The third kappa shape index (κ3) is 3.39. The molecule has 0 aliphatic carbocycles. The van der Waals surface area contributed by atoms with Gasteiger partial charge in [-0.3, -0.25) is 0 Å². The van der Waals surface area contributed by atoms with Gasteiger partial charge in [-0.15, -0.1) is 0 Å². The summed E-state index contributed by atoms with van der Waals surface area (Å²) in [4.78, 5) is 0. The molecule has 0 bridgehead atoms. The molecule has 0 N–H and O–H groups in total. The minimum absolute atomic E-state index is 0.313. The summed E-state index contributed by atoms with van der Waals surface area (Å²) in [5.41, 5.74) is 7.49. The van der Waals surface area contributed by atoms with Crippen molar-refractivity contribution in [3.63, 3.8) is 0 Å². The molecule has 4 heteroatoms.